The SMILES string of the molecule is CC(C)Oc1cc([C@H](Cc2c(Cl)c[nH+]cc2Cl)OC(=O)c2cccc(C=O)c2)ccc1OC(F)F. The monoisotopic (exact) mass is 524 g/mol. The second-order valence-electron chi connectivity index (χ2n) is 7.72. The molecule has 0 aliphatic rings. The molecule has 1 atom stereocenters. The molecular formula is C25H22Cl2F2NO5+. The number of ether oxygens (including phenoxy) is 3. The number of carbonyl (C=O) groups excluding carboxylic acids is 2. The van der Waals surface area contributed by atoms with E-state index in [2.05, 4.69) is 9.72 Å². The van der Waals surface area contributed by atoms with E-state index in [0.717, 1.165) is 0 Å². The van der Waals surface area contributed by atoms with Crippen molar-refractivity contribution in [2.24, 2.45) is 0 Å². The highest BCUT2D eigenvalue weighted by Crippen LogP contribution is 2.36. The lowest BCUT2D eigenvalue weighted by molar-refractivity contribution is -0.377. The normalized spacial score (nSPS) is 11.9. The highest BCUT2D eigenvalue weighted by Gasteiger charge is 2.25. The van der Waals surface area contributed by atoms with Gasteiger partial charge in [-0.2, -0.15) is 8.78 Å². The van der Waals surface area contributed by atoms with Gasteiger partial charge in [-0.3, -0.25) is 4.79 Å². The number of hydrogen-bond acceptors (Lipinski definition) is 5. The molecule has 0 fully saturated rings. The predicted molar refractivity (Wildman–Crippen MR) is 126 cm³/mol. The van der Waals surface area contributed by atoms with Gasteiger partial charge in [-0.25, -0.2) is 9.78 Å². The van der Waals surface area contributed by atoms with Gasteiger partial charge in [0.05, 0.1) is 11.7 Å². The van der Waals surface area contributed by atoms with E-state index >= 15 is 0 Å². The number of benzene rings is 2. The first-order valence-corrected chi connectivity index (χ1v) is 11.3. The van der Waals surface area contributed by atoms with Gasteiger partial charge >= 0.3 is 12.6 Å². The topological polar surface area (TPSA) is 76.0 Å². The van der Waals surface area contributed by atoms with Gasteiger partial charge in [-0.05, 0) is 43.7 Å². The van der Waals surface area contributed by atoms with Crippen LogP contribution in [0.5, 0.6) is 11.5 Å². The van der Waals surface area contributed by atoms with Gasteiger partial charge in [0.1, 0.15) is 22.4 Å². The number of hydrogen-bond donors (Lipinski definition) is 0. The molecule has 6 nitrogen and oxygen atoms in total. The number of rotatable bonds is 10. The number of carbonyl (C=O) groups is 2. The Morgan fingerprint density at radius 3 is 2.37 bits per heavy atom. The van der Waals surface area contributed by atoms with Crippen molar-refractivity contribution in [1.82, 2.24) is 0 Å². The Morgan fingerprint density at radius 2 is 1.74 bits per heavy atom. The van der Waals surface area contributed by atoms with Crippen LogP contribution in [-0.4, -0.2) is 25.0 Å². The lowest BCUT2D eigenvalue weighted by atomic mass is 10.0. The maximum absolute atomic E-state index is 13.0. The predicted octanol–water partition coefficient (Wildman–Crippen LogP) is 6.15. The zero-order valence-electron chi connectivity index (χ0n) is 18.8. The minimum absolute atomic E-state index is 0.0559. The van der Waals surface area contributed by atoms with E-state index in [-0.39, 0.29) is 29.6 Å². The molecule has 35 heavy (non-hydrogen) atoms. The van der Waals surface area contributed by atoms with Gasteiger partial charge in [0.25, 0.3) is 0 Å². The summed E-state index contributed by atoms with van der Waals surface area (Å²) in [5, 5.41) is 0.635. The van der Waals surface area contributed by atoms with Crippen LogP contribution in [0.4, 0.5) is 8.78 Å². The molecule has 3 rings (SSSR count). The summed E-state index contributed by atoms with van der Waals surface area (Å²) in [4.78, 5) is 26.9. The first kappa shape index (κ1) is 26.4. The zero-order valence-corrected chi connectivity index (χ0v) is 20.3. The van der Waals surface area contributed by atoms with Crippen molar-refractivity contribution in [3.63, 3.8) is 0 Å². The smallest absolute Gasteiger partial charge is 0.387 e. The Morgan fingerprint density at radius 1 is 1.03 bits per heavy atom. The number of nitrogens with one attached hydrogen (secondary N) is 1. The summed E-state index contributed by atoms with van der Waals surface area (Å²) >= 11 is 12.6. The number of aldehydes is 1. The van der Waals surface area contributed by atoms with Gasteiger partial charge in [0, 0.05) is 17.5 Å². The number of esters is 1. The van der Waals surface area contributed by atoms with Crippen molar-refractivity contribution < 1.29 is 37.6 Å². The lowest BCUT2D eigenvalue weighted by Gasteiger charge is -2.22. The zero-order chi connectivity index (χ0) is 25.5. The Labute approximate surface area is 210 Å². The van der Waals surface area contributed by atoms with Crippen LogP contribution in [0.1, 0.15) is 51.8 Å². The fraction of sp³-hybridized carbons (Fsp3) is 0.240. The summed E-state index contributed by atoms with van der Waals surface area (Å²) in [7, 11) is 0. The summed E-state index contributed by atoms with van der Waals surface area (Å²) in [6.07, 6.45) is 2.47. The molecule has 0 aliphatic carbocycles. The summed E-state index contributed by atoms with van der Waals surface area (Å²) in [5.41, 5.74) is 1.41. The Kier molecular flexibility index (Phi) is 9.01. The van der Waals surface area contributed by atoms with Crippen molar-refractivity contribution in [2.45, 2.75) is 39.1 Å². The number of alkyl halides is 2. The minimum atomic E-state index is -3.05. The van der Waals surface area contributed by atoms with E-state index in [9.17, 15) is 18.4 Å². The Bertz CT molecular complexity index is 1190. The van der Waals surface area contributed by atoms with Crippen LogP contribution in [0.25, 0.3) is 0 Å². The molecule has 2 aromatic carbocycles. The molecule has 3 aromatic rings. The molecule has 1 heterocycles. The summed E-state index contributed by atoms with van der Waals surface area (Å²) in [5.74, 6) is -0.806. The molecular weight excluding hydrogens is 503 g/mol. The molecule has 1 aromatic heterocycles. The van der Waals surface area contributed by atoms with Crippen LogP contribution < -0.4 is 14.5 Å². The quantitative estimate of drug-likeness (QED) is 0.235. The molecule has 10 heteroatoms. The third-order valence-electron chi connectivity index (χ3n) is 4.81. The molecule has 0 radical (unpaired) electrons. The summed E-state index contributed by atoms with van der Waals surface area (Å²) in [6, 6.07) is 10.3. The van der Waals surface area contributed by atoms with Crippen LogP contribution >= 0.6 is 23.2 Å². The first-order valence-electron chi connectivity index (χ1n) is 10.5. The summed E-state index contributed by atoms with van der Waals surface area (Å²) < 4.78 is 41.8. The molecule has 0 amide bonds. The minimum Gasteiger partial charge on any atom is -0.487 e. The molecule has 1 N–H and O–H groups in total. The third kappa shape index (κ3) is 7.13. The van der Waals surface area contributed by atoms with E-state index in [1.165, 1.54) is 42.7 Å². The molecule has 0 bridgehead atoms. The van der Waals surface area contributed by atoms with Gasteiger partial charge in [0.15, 0.2) is 23.9 Å². The van der Waals surface area contributed by atoms with E-state index < -0.39 is 18.7 Å². The van der Waals surface area contributed by atoms with Crippen molar-refractivity contribution in [2.75, 3.05) is 0 Å². The van der Waals surface area contributed by atoms with Crippen LogP contribution in [0.15, 0.2) is 54.9 Å². The third-order valence-corrected chi connectivity index (χ3v) is 5.49. The molecule has 0 saturated heterocycles. The highest BCUT2D eigenvalue weighted by atomic mass is 35.5. The molecule has 0 saturated carbocycles. The van der Waals surface area contributed by atoms with Crippen molar-refractivity contribution in [3.05, 3.63) is 87.2 Å². The van der Waals surface area contributed by atoms with E-state index in [1.807, 2.05) is 0 Å². The largest absolute Gasteiger partial charge is 0.487 e. The average Bonchev–Trinajstić information content (AvgIpc) is 2.81. The lowest BCUT2D eigenvalue weighted by Crippen LogP contribution is -2.16. The van der Waals surface area contributed by atoms with Gasteiger partial charge in [0.2, 0.25) is 0 Å². The van der Waals surface area contributed by atoms with Gasteiger partial charge in [-0.1, -0.05) is 41.4 Å². The number of H-pyrrole nitrogens is 1. The second kappa shape index (κ2) is 12.0. The van der Waals surface area contributed by atoms with Crippen LogP contribution in [0, 0.1) is 0 Å². The first-order chi connectivity index (χ1) is 16.7. The second-order valence-corrected chi connectivity index (χ2v) is 8.54. The molecule has 0 spiro atoms. The maximum atomic E-state index is 13.0. The molecule has 0 unspecified atom stereocenters. The van der Waals surface area contributed by atoms with Crippen LogP contribution in [0.2, 0.25) is 10.0 Å². The summed E-state index contributed by atoms with van der Waals surface area (Å²) in [6.45, 7) is 0.416. The van der Waals surface area contributed by atoms with Crippen LogP contribution in [-0.2, 0) is 11.2 Å². The Hall–Kier alpha value is -3.23. The standard InChI is InChI=1S/C25H21Cl2F2NO5/c1-14(2)33-23-9-16(6-7-21(23)35-25(28)29)22(10-18-19(26)11-30-12-20(18)27)34-24(32)17-5-3-4-15(8-17)13-31/h3-9,11-14,22,25H,10H2,1-2H3/p+1/t22-/m0/s1. The number of halogens is 4. The van der Waals surface area contributed by atoms with Crippen molar-refractivity contribution >= 4 is 35.5 Å². The maximum Gasteiger partial charge on any atom is 0.387 e. The average molecular weight is 525 g/mol. The fourth-order valence-electron chi connectivity index (χ4n) is 3.28. The van der Waals surface area contributed by atoms with E-state index in [4.69, 9.17) is 32.7 Å². The van der Waals surface area contributed by atoms with Crippen molar-refractivity contribution in [1.29, 1.82) is 0 Å². The van der Waals surface area contributed by atoms with Gasteiger partial charge < -0.3 is 14.2 Å². The number of pyridine rings is 1. The molecule has 0 aliphatic heterocycles. The molecule has 184 valence electrons. The number of aromatic amines is 1. The van der Waals surface area contributed by atoms with E-state index in [1.54, 1.807) is 26.0 Å². The van der Waals surface area contributed by atoms with Crippen molar-refractivity contribution in [3.8, 4) is 11.5 Å². The Balaban J connectivity index is 2.03. The highest BCUT2D eigenvalue weighted by molar-refractivity contribution is 6.35. The van der Waals surface area contributed by atoms with Gasteiger partial charge in [-0.15, -0.1) is 0 Å². The van der Waals surface area contributed by atoms with E-state index in [0.29, 0.717) is 33.0 Å². The number of aromatic nitrogens is 1. The van der Waals surface area contributed by atoms with Crippen LogP contribution in [0.3, 0.4) is 0 Å². The fourth-order valence-corrected chi connectivity index (χ4v) is 3.82.